The molecule has 1 aromatic carbocycles. The standard InChI is InChI=1S/C14H19ClFNO2/c1-18-5-4-12(8-15)17-9-13-7-10-6-11(16)2-3-14(10)19-13/h2-3,6,12-13,17H,4-5,7-9H2,1H3. The van der Waals surface area contributed by atoms with Crippen LogP contribution in [0.2, 0.25) is 0 Å². The van der Waals surface area contributed by atoms with Gasteiger partial charge < -0.3 is 14.8 Å². The maximum absolute atomic E-state index is 13.1. The minimum Gasteiger partial charge on any atom is -0.488 e. The molecule has 0 fully saturated rings. The summed E-state index contributed by atoms with van der Waals surface area (Å²) in [5, 5.41) is 3.36. The first-order valence-corrected chi connectivity index (χ1v) is 6.99. The summed E-state index contributed by atoms with van der Waals surface area (Å²) >= 11 is 5.89. The summed E-state index contributed by atoms with van der Waals surface area (Å²) in [6.07, 6.45) is 1.65. The summed E-state index contributed by atoms with van der Waals surface area (Å²) in [7, 11) is 1.68. The molecule has 1 N–H and O–H groups in total. The maximum atomic E-state index is 13.1. The Bertz CT molecular complexity index is 416. The quantitative estimate of drug-likeness (QED) is 0.781. The zero-order valence-corrected chi connectivity index (χ0v) is 11.8. The molecule has 5 heteroatoms. The molecule has 0 radical (unpaired) electrons. The molecular weight excluding hydrogens is 269 g/mol. The first-order valence-electron chi connectivity index (χ1n) is 6.46. The Hall–Kier alpha value is -0.840. The molecule has 1 aliphatic rings. The lowest BCUT2D eigenvalue weighted by molar-refractivity contribution is 0.178. The third kappa shape index (κ3) is 4.06. The SMILES string of the molecule is COCCC(CCl)NCC1Cc2cc(F)ccc2O1. The highest BCUT2D eigenvalue weighted by Gasteiger charge is 2.23. The van der Waals surface area contributed by atoms with Gasteiger partial charge in [0.05, 0.1) is 0 Å². The van der Waals surface area contributed by atoms with Gasteiger partial charge in [0, 0.05) is 44.2 Å². The second-order valence-electron chi connectivity index (χ2n) is 4.74. The topological polar surface area (TPSA) is 30.5 Å². The van der Waals surface area contributed by atoms with Crippen molar-refractivity contribution in [2.45, 2.75) is 25.0 Å². The molecule has 0 aliphatic carbocycles. The minimum atomic E-state index is -0.213. The molecule has 0 amide bonds. The van der Waals surface area contributed by atoms with Crippen LogP contribution >= 0.6 is 11.6 Å². The van der Waals surface area contributed by atoms with Crippen molar-refractivity contribution < 1.29 is 13.9 Å². The Labute approximate surface area is 118 Å². The van der Waals surface area contributed by atoms with Gasteiger partial charge in [-0.05, 0) is 24.6 Å². The van der Waals surface area contributed by atoms with Crippen LogP contribution in [0.15, 0.2) is 18.2 Å². The molecule has 1 heterocycles. The van der Waals surface area contributed by atoms with Crippen molar-refractivity contribution >= 4 is 11.6 Å². The van der Waals surface area contributed by atoms with Crippen LogP contribution in [0.25, 0.3) is 0 Å². The van der Waals surface area contributed by atoms with Gasteiger partial charge >= 0.3 is 0 Å². The van der Waals surface area contributed by atoms with E-state index in [1.165, 1.54) is 6.07 Å². The number of alkyl halides is 1. The predicted octanol–water partition coefficient (Wildman–Crippen LogP) is 2.36. The number of ether oxygens (including phenoxy) is 2. The van der Waals surface area contributed by atoms with Crippen molar-refractivity contribution in [1.29, 1.82) is 0 Å². The summed E-state index contributed by atoms with van der Waals surface area (Å²) in [6, 6.07) is 4.87. The highest BCUT2D eigenvalue weighted by Crippen LogP contribution is 2.28. The summed E-state index contributed by atoms with van der Waals surface area (Å²) in [5.74, 6) is 1.11. The van der Waals surface area contributed by atoms with Crippen LogP contribution in [0.5, 0.6) is 5.75 Å². The Morgan fingerprint density at radius 1 is 1.58 bits per heavy atom. The van der Waals surface area contributed by atoms with Gasteiger partial charge in [-0.2, -0.15) is 0 Å². The number of hydrogen-bond donors (Lipinski definition) is 1. The maximum Gasteiger partial charge on any atom is 0.123 e. The molecule has 0 bridgehead atoms. The van der Waals surface area contributed by atoms with E-state index in [0.29, 0.717) is 19.0 Å². The molecule has 1 aliphatic heterocycles. The molecule has 0 saturated carbocycles. The molecule has 3 nitrogen and oxygen atoms in total. The van der Waals surface area contributed by atoms with E-state index < -0.39 is 0 Å². The van der Waals surface area contributed by atoms with Gasteiger partial charge in [0.1, 0.15) is 17.7 Å². The zero-order valence-electron chi connectivity index (χ0n) is 11.0. The second kappa shape index (κ2) is 7.08. The summed E-state index contributed by atoms with van der Waals surface area (Å²) in [6.45, 7) is 1.39. The Balaban J connectivity index is 1.80. The lowest BCUT2D eigenvalue weighted by Crippen LogP contribution is -2.39. The van der Waals surface area contributed by atoms with Gasteiger partial charge in [-0.25, -0.2) is 4.39 Å². The molecule has 0 spiro atoms. The Morgan fingerprint density at radius 2 is 2.42 bits per heavy atom. The van der Waals surface area contributed by atoms with E-state index in [4.69, 9.17) is 21.1 Å². The highest BCUT2D eigenvalue weighted by atomic mass is 35.5. The normalized spacial score (nSPS) is 19.0. The summed E-state index contributed by atoms with van der Waals surface area (Å²) in [5.41, 5.74) is 0.936. The number of nitrogens with one attached hydrogen (secondary N) is 1. The molecule has 19 heavy (non-hydrogen) atoms. The molecule has 2 unspecified atom stereocenters. The molecule has 0 saturated heterocycles. The molecular formula is C14H19ClFNO2. The molecule has 106 valence electrons. The Morgan fingerprint density at radius 3 is 3.16 bits per heavy atom. The first kappa shape index (κ1) is 14.6. The lowest BCUT2D eigenvalue weighted by Gasteiger charge is -2.18. The number of benzene rings is 1. The fourth-order valence-corrected chi connectivity index (χ4v) is 2.46. The fourth-order valence-electron chi connectivity index (χ4n) is 2.19. The van der Waals surface area contributed by atoms with Crippen LogP contribution < -0.4 is 10.1 Å². The van der Waals surface area contributed by atoms with Crippen molar-refractivity contribution in [2.75, 3.05) is 26.1 Å². The van der Waals surface area contributed by atoms with Gasteiger partial charge in [-0.3, -0.25) is 0 Å². The van der Waals surface area contributed by atoms with E-state index >= 15 is 0 Å². The van der Waals surface area contributed by atoms with Crippen LogP contribution in [0.1, 0.15) is 12.0 Å². The van der Waals surface area contributed by atoms with E-state index in [2.05, 4.69) is 5.32 Å². The van der Waals surface area contributed by atoms with Gasteiger partial charge in [0.15, 0.2) is 0 Å². The van der Waals surface area contributed by atoms with E-state index in [0.717, 1.165) is 24.2 Å². The highest BCUT2D eigenvalue weighted by molar-refractivity contribution is 6.18. The number of methoxy groups -OCH3 is 1. The molecule has 2 atom stereocenters. The largest absolute Gasteiger partial charge is 0.488 e. The van der Waals surface area contributed by atoms with E-state index in [1.807, 2.05) is 0 Å². The van der Waals surface area contributed by atoms with Crippen LogP contribution in [0.4, 0.5) is 4.39 Å². The van der Waals surface area contributed by atoms with E-state index in [1.54, 1.807) is 19.2 Å². The summed E-state index contributed by atoms with van der Waals surface area (Å²) < 4.78 is 23.9. The lowest BCUT2D eigenvalue weighted by atomic mass is 10.1. The van der Waals surface area contributed by atoms with Gasteiger partial charge in [-0.15, -0.1) is 11.6 Å². The zero-order chi connectivity index (χ0) is 13.7. The first-order chi connectivity index (χ1) is 9.22. The molecule has 0 aromatic heterocycles. The van der Waals surface area contributed by atoms with Crippen molar-refractivity contribution in [3.63, 3.8) is 0 Å². The van der Waals surface area contributed by atoms with E-state index in [9.17, 15) is 4.39 Å². The monoisotopic (exact) mass is 287 g/mol. The number of rotatable bonds is 7. The summed E-state index contributed by atoms with van der Waals surface area (Å²) in [4.78, 5) is 0. The van der Waals surface area contributed by atoms with Gasteiger partial charge in [0.25, 0.3) is 0 Å². The van der Waals surface area contributed by atoms with Gasteiger partial charge in [-0.1, -0.05) is 0 Å². The van der Waals surface area contributed by atoms with Crippen LogP contribution in [0, 0.1) is 5.82 Å². The second-order valence-corrected chi connectivity index (χ2v) is 5.05. The van der Waals surface area contributed by atoms with Crippen molar-refractivity contribution in [3.05, 3.63) is 29.6 Å². The van der Waals surface area contributed by atoms with Crippen molar-refractivity contribution in [1.82, 2.24) is 5.32 Å². The predicted molar refractivity (Wildman–Crippen MR) is 73.5 cm³/mol. The molecule has 1 aromatic rings. The number of halogens is 2. The van der Waals surface area contributed by atoms with Crippen molar-refractivity contribution in [3.8, 4) is 5.75 Å². The van der Waals surface area contributed by atoms with Crippen molar-refractivity contribution in [2.24, 2.45) is 0 Å². The van der Waals surface area contributed by atoms with Crippen LogP contribution in [0.3, 0.4) is 0 Å². The average molecular weight is 288 g/mol. The van der Waals surface area contributed by atoms with Gasteiger partial charge in [0.2, 0.25) is 0 Å². The average Bonchev–Trinajstić information content (AvgIpc) is 2.81. The fraction of sp³-hybridized carbons (Fsp3) is 0.571. The molecule has 2 rings (SSSR count). The third-order valence-electron chi connectivity index (χ3n) is 3.25. The van der Waals surface area contributed by atoms with Crippen LogP contribution in [-0.4, -0.2) is 38.3 Å². The van der Waals surface area contributed by atoms with Crippen LogP contribution in [-0.2, 0) is 11.2 Å². The Kier molecular flexibility index (Phi) is 5.43. The minimum absolute atomic E-state index is 0.0464. The third-order valence-corrected chi connectivity index (χ3v) is 3.63. The number of hydrogen-bond acceptors (Lipinski definition) is 3. The smallest absolute Gasteiger partial charge is 0.123 e. The number of fused-ring (bicyclic) bond motifs is 1. The van der Waals surface area contributed by atoms with E-state index in [-0.39, 0.29) is 18.0 Å².